The van der Waals surface area contributed by atoms with Crippen LogP contribution in [0.1, 0.15) is 29.6 Å². The van der Waals surface area contributed by atoms with Crippen molar-refractivity contribution in [1.29, 1.82) is 0 Å². The Morgan fingerprint density at radius 2 is 1.73 bits per heavy atom. The second kappa shape index (κ2) is 10.5. The highest BCUT2D eigenvalue weighted by Gasteiger charge is 2.40. The zero-order chi connectivity index (χ0) is 23.3. The third-order valence-corrected chi connectivity index (χ3v) is 6.88. The lowest BCUT2D eigenvalue weighted by atomic mass is 9.75. The summed E-state index contributed by atoms with van der Waals surface area (Å²) < 4.78 is 6.13. The Hall–Kier alpha value is -2.71. The lowest BCUT2D eigenvalue weighted by Gasteiger charge is -2.42. The van der Waals surface area contributed by atoms with Gasteiger partial charge in [0.15, 0.2) is 0 Å². The van der Waals surface area contributed by atoms with Crippen LogP contribution in [0.2, 0.25) is 5.02 Å². The van der Waals surface area contributed by atoms with Crippen LogP contribution in [-0.4, -0.2) is 89.4 Å². The highest BCUT2D eigenvalue weighted by Crippen LogP contribution is 2.37. The molecule has 0 unspecified atom stereocenters. The van der Waals surface area contributed by atoms with Gasteiger partial charge in [-0.05, 0) is 38.1 Å². The molecule has 4 rings (SSSR count). The van der Waals surface area contributed by atoms with Gasteiger partial charge in [0.1, 0.15) is 12.1 Å². The summed E-state index contributed by atoms with van der Waals surface area (Å²) in [6, 6.07) is 7.31. The molecule has 1 aromatic carbocycles. The number of ether oxygens (including phenoxy) is 1. The van der Waals surface area contributed by atoms with Crippen LogP contribution in [0.25, 0.3) is 0 Å². The monoisotopic (exact) mass is 471 g/mol. The summed E-state index contributed by atoms with van der Waals surface area (Å²) in [6.07, 6.45) is 6.27. The number of amides is 2. The van der Waals surface area contributed by atoms with Gasteiger partial charge in [-0.25, -0.2) is 9.97 Å². The van der Waals surface area contributed by atoms with Crippen LogP contribution in [0.5, 0.6) is 5.75 Å². The summed E-state index contributed by atoms with van der Waals surface area (Å²) in [5, 5.41) is 0.612. The van der Waals surface area contributed by atoms with E-state index in [0.29, 0.717) is 55.3 Å². The Morgan fingerprint density at radius 1 is 1.03 bits per heavy atom. The number of rotatable bonds is 6. The normalized spacial score (nSPS) is 18.7. The number of carbonyl (C=O) groups excluding carboxylic acids is 2. The molecule has 8 nitrogen and oxygen atoms in total. The number of carbonyl (C=O) groups is 2. The van der Waals surface area contributed by atoms with Crippen molar-refractivity contribution in [3.63, 3.8) is 0 Å². The van der Waals surface area contributed by atoms with Gasteiger partial charge in [-0.1, -0.05) is 17.7 Å². The first-order valence-corrected chi connectivity index (χ1v) is 11.7. The van der Waals surface area contributed by atoms with E-state index in [9.17, 15) is 9.59 Å². The van der Waals surface area contributed by atoms with Gasteiger partial charge in [0.2, 0.25) is 5.91 Å². The maximum absolute atomic E-state index is 13.2. The van der Waals surface area contributed by atoms with Gasteiger partial charge in [0.25, 0.3) is 5.91 Å². The van der Waals surface area contributed by atoms with E-state index in [0.717, 1.165) is 26.2 Å². The molecule has 2 aromatic rings. The van der Waals surface area contributed by atoms with Crippen LogP contribution < -0.4 is 4.74 Å². The van der Waals surface area contributed by atoms with Crippen molar-refractivity contribution in [3.05, 3.63) is 53.6 Å². The van der Waals surface area contributed by atoms with E-state index in [1.54, 1.807) is 12.1 Å². The van der Waals surface area contributed by atoms with Crippen molar-refractivity contribution < 1.29 is 14.3 Å². The van der Waals surface area contributed by atoms with Crippen LogP contribution in [0.4, 0.5) is 0 Å². The van der Waals surface area contributed by atoms with Gasteiger partial charge in [0, 0.05) is 68.5 Å². The number of hydrogen-bond acceptors (Lipinski definition) is 6. The molecule has 0 aliphatic carbocycles. The Balaban J connectivity index is 1.44. The van der Waals surface area contributed by atoms with Crippen molar-refractivity contribution in [3.8, 4) is 5.75 Å². The minimum atomic E-state index is -0.341. The quantitative estimate of drug-likeness (QED) is 0.644. The number of aromatic nitrogens is 2. The molecule has 0 bridgehead atoms. The summed E-state index contributed by atoms with van der Waals surface area (Å²) in [7, 11) is 2.08. The van der Waals surface area contributed by atoms with Crippen molar-refractivity contribution in [1.82, 2.24) is 24.7 Å². The Labute approximate surface area is 199 Å². The molecular weight excluding hydrogens is 442 g/mol. The molecule has 2 fully saturated rings. The zero-order valence-electron chi connectivity index (χ0n) is 19.0. The minimum absolute atomic E-state index is 0.0784. The molecule has 176 valence electrons. The number of hydrogen-bond donors (Lipinski definition) is 0. The summed E-state index contributed by atoms with van der Waals surface area (Å²) >= 11 is 6.11. The first-order chi connectivity index (χ1) is 15.9. The highest BCUT2D eigenvalue weighted by atomic mass is 35.5. The first-order valence-electron chi connectivity index (χ1n) is 11.3. The fourth-order valence-corrected chi connectivity index (χ4v) is 4.61. The van der Waals surface area contributed by atoms with Gasteiger partial charge in [-0.2, -0.15) is 0 Å². The molecule has 2 saturated heterocycles. The predicted molar refractivity (Wildman–Crippen MR) is 125 cm³/mol. The molecule has 3 heterocycles. The largest absolute Gasteiger partial charge is 0.493 e. The first kappa shape index (κ1) is 23.4. The summed E-state index contributed by atoms with van der Waals surface area (Å²) in [6.45, 7) is 4.80. The van der Waals surface area contributed by atoms with E-state index in [-0.39, 0.29) is 17.2 Å². The molecule has 0 saturated carbocycles. The zero-order valence-corrected chi connectivity index (χ0v) is 19.7. The lowest BCUT2D eigenvalue weighted by molar-refractivity contribution is -0.136. The molecular formula is C24H30ClN5O3. The standard InChI is InChI=1S/C24H30ClN5O3/c1-28-9-11-29(12-10-28)22(31)14-24(17-33-21-4-2-3-20(25)13-21)5-7-30(8-6-24)23(32)19-15-26-18-27-16-19/h2-4,13,15-16,18H,5-12,14,17H2,1H3. The molecule has 2 aliphatic heterocycles. The van der Waals surface area contributed by atoms with E-state index in [2.05, 4.69) is 21.9 Å². The molecule has 0 radical (unpaired) electrons. The highest BCUT2D eigenvalue weighted by molar-refractivity contribution is 6.30. The molecule has 9 heteroatoms. The average Bonchev–Trinajstić information content (AvgIpc) is 2.84. The van der Waals surface area contributed by atoms with Crippen LogP contribution in [0.3, 0.4) is 0 Å². The van der Waals surface area contributed by atoms with Gasteiger partial charge in [-0.15, -0.1) is 0 Å². The maximum Gasteiger partial charge on any atom is 0.256 e. The molecule has 2 aliphatic rings. The van der Waals surface area contributed by atoms with Crippen molar-refractivity contribution in [2.45, 2.75) is 19.3 Å². The van der Waals surface area contributed by atoms with Gasteiger partial charge < -0.3 is 19.4 Å². The fraction of sp³-hybridized carbons (Fsp3) is 0.500. The van der Waals surface area contributed by atoms with Crippen molar-refractivity contribution in [2.24, 2.45) is 5.41 Å². The van der Waals surface area contributed by atoms with Gasteiger partial charge in [0.05, 0.1) is 12.2 Å². The van der Waals surface area contributed by atoms with Crippen LogP contribution in [0, 0.1) is 5.41 Å². The number of likely N-dealkylation sites (N-methyl/N-ethyl adjacent to an activating group) is 1. The minimum Gasteiger partial charge on any atom is -0.493 e. The van der Waals surface area contributed by atoms with Crippen LogP contribution in [-0.2, 0) is 4.79 Å². The van der Waals surface area contributed by atoms with E-state index in [1.807, 2.05) is 21.9 Å². The third kappa shape index (κ3) is 6.00. The summed E-state index contributed by atoms with van der Waals surface area (Å²) in [5.74, 6) is 0.772. The van der Waals surface area contributed by atoms with E-state index in [1.165, 1.54) is 18.7 Å². The van der Waals surface area contributed by atoms with E-state index >= 15 is 0 Å². The lowest BCUT2D eigenvalue weighted by Crippen LogP contribution is -2.51. The fourth-order valence-electron chi connectivity index (χ4n) is 4.43. The smallest absolute Gasteiger partial charge is 0.256 e. The van der Waals surface area contributed by atoms with Crippen molar-refractivity contribution in [2.75, 3.05) is 52.9 Å². The van der Waals surface area contributed by atoms with Crippen LogP contribution in [0.15, 0.2) is 43.0 Å². The molecule has 0 spiro atoms. The molecule has 2 amide bonds. The van der Waals surface area contributed by atoms with E-state index in [4.69, 9.17) is 16.3 Å². The number of halogens is 1. The average molecular weight is 472 g/mol. The van der Waals surface area contributed by atoms with Crippen LogP contribution >= 0.6 is 11.6 Å². The number of benzene rings is 1. The maximum atomic E-state index is 13.2. The number of nitrogens with zero attached hydrogens (tertiary/aromatic N) is 5. The summed E-state index contributed by atoms with van der Waals surface area (Å²) in [4.78, 5) is 40.0. The summed E-state index contributed by atoms with van der Waals surface area (Å²) in [5.41, 5.74) is 0.140. The molecule has 33 heavy (non-hydrogen) atoms. The van der Waals surface area contributed by atoms with Gasteiger partial charge in [-0.3, -0.25) is 9.59 Å². The molecule has 1 aromatic heterocycles. The second-order valence-corrected chi connectivity index (χ2v) is 9.46. The topological polar surface area (TPSA) is 78.9 Å². The molecule has 0 atom stereocenters. The Kier molecular flexibility index (Phi) is 7.45. The third-order valence-electron chi connectivity index (χ3n) is 6.64. The van der Waals surface area contributed by atoms with Crippen molar-refractivity contribution >= 4 is 23.4 Å². The number of likely N-dealkylation sites (tertiary alicyclic amines) is 1. The van der Waals surface area contributed by atoms with E-state index < -0.39 is 0 Å². The predicted octanol–water partition coefficient (Wildman–Crippen LogP) is 2.60. The number of piperazine rings is 1. The Bertz CT molecular complexity index is 958. The SMILES string of the molecule is CN1CCN(C(=O)CC2(COc3cccc(Cl)c3)CCN(C(=O)c3cncnc3)CC2)CC1. The second-order valence-electron chi connectivity index (χ2n) is 9.03. The van der Waals surface area contributed by atoms with Gasteiger partial charge >= 0.3 is 0 Å². The molecule has 0 N–H and O–H groups in total. The number of piperidine rings is 1. The Morgan fingerprint density at radius 3 is 2.39 bits per heavy atom.